The predicted molar refractivity (Wildman–Crippen MR) is 71.1 cm³/mol. The summed E-state index contributed by atoms with van der Waals surface area (Å²) in [5.41, 5.74) is 0.822. The number of pyridine rings is 1. The second kappa shape index (κ2) is 5.81. The third-order valence-electron chi connectivity index (χ3n) is 2.63. The quantitative estimate of drug-likeness (QED) is 0.848. The minimum Gasteiger partial charge on any atom is -0.276 e. The smallest absolute Gasteiger partial charge is 0.243 e. The average Bonchev–Trinajstić information content (AvgIpc) is 2.84. The highest BCUT2D eigenvalue weighted by molar-refractivity contribution is 7.89. The van der Waals surface area contributed by atoms with Crippen LogP contribution < -0.4 is 4.72 Å². The van der Waals surface area contributed by atoms with Crippen LogP contribution in [-0.2, 0) is 23.5 Å². The molecule has 0 aliphatic carbocycles. The molecule has 0 aliphatic heterocycles. The van der Waals surface area contributed by atoms with E-state index in [0.717, 1.165) is 5.56 Å². The van der Waals surface area contributed by atoms with Crippen LogP contribution in [0.2, 0.25) is 0 Å². The van der Waals surface area contributed by atoms with Gasteiger partial charge in [-0.2, -0.15) is 10.4 Å². The highest BCUT2D eigenvalue weighted by Gasteiger charge is 2.18. The summed E-state index contributed by atoms with van der Waals surface area (Å²) in [5, 5.41) is 12.9. The van der Waals surface area contributed by atoms with E-state index in [9.17, 15) is 8.42 Å². The summed E-state index contributed by atoms with van der Waals surface area (Å²) in [4.78, 5) is 3.64. The van der Waals surface area contributed by atoms with E-state index in [-0.39, 0.29) is 17.1 Å². The van der Waals surface area contributed by atoms with Gasteiger partial charge in [0.05, 0.1) is 6.20 Å². The fraction of sp³-hybridized carbons (Fsp3) is 0.250. The number of aromatic nitrogens is 3. The Hall–Kier alpha value is -2.24. The van der Waals surface area contributed by atoms with Crippen molar-refractivity contribution in [1.29, 1.82) is 5.26 Å². The van der Waals surface area contributed by atoms with Crippen molar-refractivity contribution < 1.29 is 8.42 Å². The Labute approximate surface area is 116 Å². The molecule has 0 saturated carbocycles. The van der Waals surface area contributed by atoms with E-state index in [1.54, 1.807) is 24.0 Å². The molecule has 0 aliphatic rings. The fourth-order valence-corrected chi connectivity index (χ4v) is 2.84. The third-order valence-corrected chi connectivity index (χ3v) is 4.12. The molecule has 0 radical (unpaired) electrons. The minimum absolute atomic E-state index is 0.103. The average molecular weight is 291 g/mol. The van der Waals surface area contributed by atoms with Crippen LogP contribution in [0, 0.1) is 11.3 Å². The molecule has 8 heteroatoms. The summed E-state index contributed by atoms with van der Waals surface area (Å²) in [5.74, 6) is 0. The van der Waals surface area contributed by atoms with Gasteiger partial charge in [0, 0.05) is 26.0 Å². The van der Waals surface area contributed by atoms with E-state index in [4.69, 9.17) is 5.26 Å². The van der Waals surface area contributed by atoms with E-state index < -0.39 is 10.0 Å². The van der Waals surface area contributed by atoms with E-state index >= 15 is 0 Å². The molecule has 7 nitrogen and oxygen atoms in total. The molecule has 0 aromatic carbocycles. The topological polar surface area (TPSA) is 101 Å². The standard InChI is InChI=1S/C12H13N5O2S/c1-17-9-10(8-15-17)4-6-16-20(18,19)12-3-2-5-14-11(12)7-13/h2-3,5,8-9,16H,4,6H2,1H3. The first-order chi connectivity index (χ1) is 9.53. The molecule has 0 spiro atoms. The van der Waals surface area contributed by atoms with Gasteiger partial charge in [-0.1, -0.05) is 0 Å². The summed E-state index contributed by atoms with van der Waals surface area (Å²) in [6.45, 7) is 0.230. The van der Waals surface area contributed by atoms with Crippen LogP contribution in [-0.4, -0.2) is 29.7 Å². The summed E-state index contributed by atoms with van der Waals surface area (Å²) in [6.07, 6.45) is 5.40. The number of sulfonamides is 1. The molecule has 20 heavy (non-hydrogen) atoms. The zero-order valence-electron chi connectivity index (χ0n) is 10.8. The molecule has 2 aromatic rings. The Kier molecular flexibility index (Phi) is 4.12. The SMILES string of the molecule is Cn1cc(CCNS(=O)(=O)c2cccnc2C#N)cn1. The highest BCUT2D eigenvalue weighted by Crippen LogP contribution is 2.11. The number of hydrogen-bond donors (Lipinski definition) is 1. The van der Waals surface area contributed by atoms with Crippen molar-refractivity contribution in [3.05, 3.63) is 42.0 Å². The van der Waals surface area contributed by atoms with Crippen molar-refractivity contribution >= 4 is 10.0 Å². The lowest BCUT2D eigenvalue weighted by molar-refractivity contribution is 0.581. The van der Waals surface area contributed by atoms with Crippen molar-refractivity contribution in [2.24, 2.45) is 7.05 Å². The molecular formula is C12H13N5O2S. The predicted octanol–water partition coefficient (Wildman–Crippen LogP) is 0.208. The molecule has 0 atom stereocenters. The lowest BCUT2D eigenvalue weighted by Gasteiger charge is -2.06. The first-order valence-corrected chi connectivity index (χ1v) is 7.33. The molecule has 1 N–H and O–H groups in total. The summed E-state index contributed by atoms with van der Waals surface area (Å²) in [6, 6.07) is 4.61. The van der Waals surface area contributed by atoms with Crippen LogP contribution in [0.3, 0.4) is 0 Å². The highest BCUT2D eigenvalue weighted by atomic mass is 32.2. The van der Waals surface area contributed by atoms with Crippen molar-refractivity contribution in [2.75, 3.05) is 6.54 Å². The maximum Gasteiger partial charge on any atom is 0.243 e. The molecule has 0 fully saturated rings. The monoisotopic (exact) mass is 291 g/mol. The zero-order chi connectivity index (χ0) is 14.6. The van der Waals surface area contributed by atoms with Gasteiger partial charge in [0.2, 0.25) is 10.0 Å². The molecule has 2 heterocycles. The van der Waals surface area contributed by atoms with Gasteiger partial charge < -0.3 is 0 Å². The van der Waals surface area contributed by atoms with Gasteiger partial charge in [-0.15, -0.1) is 0 Å². The minimum atomic E-state index is -3.73. The van der Waals surface area contributed by atoms with E-state index in [1.165, 1.54) is 18.3 Å². The van der Waals surface area contributed by atoms with E-state index in [2.05, 4.69) is 14.8 Å². The van der Waals surface area contributed by atoms with Crippen LogP contribution in [0.5, 0.6) is 0 Å². The van der Waals surface area contributed by atoms with Crippen molar-refractivity contribution in [1.82, 2.24) is 19.5 Å². The molecule has 2 aromatic heterocycles. The second-order valence-electron chi connectivity index (χ2n) is 4.13. The number of rotatable bonds is 5. The summed E-state index contributed by atoms with van der Waals surface area (Å²) in [7, 11) is -1.93. The first kappa shape index (κ1) is 14.2. The Balaban J connectivity index is 2.06. The third kappa shape index (κ3) is 3.20. The van der Waals surface area contributed by atoms with Crippen LogP contribution >= 0.6 is 0 Å². The maximum absolute atomic E-state index is 12.1. The molecule has 104 valence electrons. The zero-order valence-corrected chi connectivity index (χ0v) is 11.6. The van der Waals surface area contributed by atoms with Gasteiger partial charge in [0.25, 0.3) is 0 Å². The van der Waals surface area contributed by atoms with Crippen molar-refractivity contribution in [3.63, 3.8) is 0 Å². The van der Waals surface area contributed by atoms with Crippen LogP contribution in [0.15, 0.2) is 35.6 Å². The van der Waals surface area contributed by atoms with Gasteiger partial charge in [0.15, 0.2) is 5.69 Å². The Morgan fingerprint density at radius 3 is 2.95 bits per heavy atom. The maximum atomic E-state index is 12.1. The molecular weight excluding hydrogens is 278 g/mol. The van der Waals surface area contributed by atoms with Gasteiger partial charge >= 0.3 is 0 Å². The number of nitrogens with one attached hydrogen (secondary N) is 1. The van der Waals surface area contributed by atoms with Crippen molar-refractivity contribution in [3.8, 4) is 6.07 Å². The molecule has 0 amide bonds. The normalized spacial score (nSPS) is 11.2. The van der Waals surface area contributed by atoms with Gasteiger partial charge in [-0.25, -0.2) is 18.1 Å². The molecule has 0 bridgehead atoms. The molecule has 2 rings (SSSR count). The van der Waals surface area contributed by atoms with Crippen LogP contribution in [0.1, 0.15) is 11.3 Å². The Morgan fingerprint density at radius 1 is 1.50 bits per heavy atom. The number of hydrogen-bond acceptors (Lipinski definition) is 5. The lowest BCUT2D eigenvalue weighted by atomic mass is 10.3. The van der Waals surface area contributed by atoms with E-state index in [1.807, 2.05) is 6.20 Å². The van der Waals surface area contributed by atoms with Gasteiger partial charge in [-0.05, 0) is 24.1 Å². The second-order valence-corrected chi connectivity index (χ2v) is 5.87. The molecule has 0 unspecified atom stereocenters. The number of nitriles is 1. The lowest BCUT2D eigenvalue weighted by Crippen LogP contribution is -2.26. The van der Waals surface area contributed by atoms with Gasteiger partial charge in [0.1, 0.15) is 11.0 Å². The van der Waals surface area contributed by atoms with Crippen LogP contribution in [0.25, 0.3) is 0 Å². The Bertz CT molecular complexity index is 745. The number of aryl methyl sites for hydroxylation is 1. The number of nitrogens with zero attached hydrogens (tertiary/aromatic N) is 4. The first-order valence-electron chi connectivity index (χ1n) is 5.85. The van der Waals surface area contributed by atoms with Crippen LogP contribution in [0.4, 0.5) is 0 Å². The molecule has 0 saturated heterocycles. The van der Waals surface area contributed by atoms with Gasteiger partial charge in [-0.3, -0.25) is 4.68 Å². The fourth-order valence-electron chi connectivity index (χ4n) is 1.70. The Morgan fingerprint density at radius 2 is 2.30 bits per heavy atom. The summed E-state index contributed by atoms with van der Waals surface area (Å²) >= 11 is 0. The summed E-state index contributed by atoms with van der Waals surface area (Å²) < 4.78 is 28.3. The van der Waals surface area contributed by atoms with Crippen molar-refractivity contribution in [2.45, 2.75) is 11.3 Å². The largest absolute Gasteiger partial charge is 0.276 e. The van der Waals surface area contributed by atoms with E-state index in [0.29, 0.717) is 6.42 Å².